The van der Waals surface area contributed by atoms with Crippen LogP contribution in [0.4, 0.5) is 13.2 Å². The van der Waals surface area contributed by atoms with Crippen LogP contribution in [0.2, 0.25) is 0 Å². The smallest absolute Gasteiger partial charge is 0.374 e. The monoisotopic (exact) mass is 407 g/mol. The molecule has 7 nitrogen and oxygen atoms in total. The lowest BCUT2D eigenvalue weighted by Gasteiger charge is -2.30. The van der Waals surface area contributed by atoms with Crippen LogP contribution >= 0.6 is 0 Å². The van der Waals surface area contributed by atoms with E-state index in [2.05, 4.69) is 15.3 Å². The van der Waals surface area contributed by atoms with E-state index in [1.807, 2.05) is 10.8 Å². The maximum atomic E-state index is 13.5. The maximum absolute atomic E-state index is 13.5. The zero-order valence-corrected chi connectivity index (χ0v) is 15.6. The van der Waals surface area contributed by atoms with Crippen molar-refractivity contribution in [1.82, 2.24) is 24.4 Å². The van der Waals surface area contributed by atoms with E-state index in [4.69, 9.17) is 0 Å². The molecule has 154 valence electrons. The van der Waals surface area contributed by atoms with Crippen LogP contribution < -0.4 is 5.32 Å². The number of alkyl halides is 3. The normalized spacial score (nSPS) is 13.8. The van der Waals surface area contributed by atoms with Gasteiger partial charge >= 0.3 is 6.18 Å². The average Bonchev–Trinajstić information content (AvgIpc) is 3.33. The molecule has 0 saturated carbocycles. The predicted molar refractivity (Wildman–Crippen MR) is 97.9 cm³/mol. The summed E-state index contributed by atoms with van der Waals surface area (Å²) >= 11 is 0. The van der Waals surface area contributed by atoms with Crippen molar-refractivity contribution >= 4 is 5.91 Å². The van der Waals surface area contributed by atoms with Crippen LogP contribution in [0.1, 0.15) is 28.2 Å². The van der Waals surface area contributed by atoms with Gasteiger partial charge in [0.25, 0.3) is 5.91 Å². The molecule has 0 radical (unpaired) electrons. The number of carbonyl (C=O) groups is 1. The summed E-state index contributed by atoms with van der Waals surface area (Å²) in [5, 5.41) is 12.7. The Labute approximate surface area is 164 Å². The summed E-state index contributed by atoms with van der Waals surface area (Å²) in [4.78, 5) is 19.8. The van der Waals surface area contributed by atoms with Gasteiger partial charge in [0, 0.05) is 56.9 Å². The predicted octanol–water partition coefficient (Wildman–Crippen LogP) is 2.23. The van der Waals surface area contributed by atoms with E-state index >= 15 is 0 Å². The van der Waals surface area contributed by atoms with Gasteiger partial charge in [-0.3, -0.25) is 4.79 Å². The van der Waals surface area contributed by atoms with E-state index < -0.39 is 29.9 Å². The first kappa shape index (κ1) is 20.6. The van der Waals surface area contributed by atoms with Crippen LogP contribution in [-0.2, 0) is 19.2 Å². The van der Waals surface area contributed by atoms with Gasteiger partial charge in [-0.25, -0.2) is 9.97 Å². The minimum atomic E-state index is -4.94. The number of amides is 1. The lowest BCUT2D eigenvalue weighted by molar-refractivity contribution is -0.272. The van der Waals surface area contributed by atoms with Gasteiger partial charge in [0.1, 0.15) is 5.82 Å². The highest BCUT2D eigenvalue weighted by Crippen LogP contribution is 2.40. The van der Waals surface area contributed by atoms with Crippen molar-refractivity contribution < 1.29 is 23.1 Å². The molecule has 0 aliphatic rings. The molecule has 1 atom stereocenters. The number of carbonyl (C=O) groups excluding carboxylic acids is 1. The molecular formula is C19H20F3N5O2. The van der Waals surface area contributed by atoms with Crippen molar-refractivity contribution in [3.8, 4) is 0 Å². The molecule has 2 aromatic heterocycles. The Kier molecular flexibility index (Phi) is 5.73. The standard InChI is InChI=1S/C19H20F3N5O2/c1-26-10-9-25-17(26)18(29,19(20,21)22)6-7-24-16(28)15-4-2-14(3-5-15)12-27-11-8-23-13-27/h2-5,8-11,13,29H,6-7,12H2,1H3,(H,24,28). The molecule has 3 aromatic rings. The lowest BCUT2D eigenvalue weighted by Crippen LogP contribution is -2.46. The van der Waals surface area contributed by atoms with E-state index in [1.54, 1.807) is 36.8 Å². The summed E-state index contributed by atoms with van der Waals surface area (Å²) < 4.78 is 43.4. The summed E-state index contributed by atoms with van der Waals surface area (Å²) in [5.74, 6) is -1.05. The number of imidazole rings is 2. The summed E-state index contributed by atoms with van der Waals surface area (Å²) in [6.45, 7) is 0.211. The molecule has 29 heavy (non-hydrogen) atoms. The van der Waals surface area contributed by atoms with Gasteiger partial charge in [-0.05, 0) is 17.7 Å². The number of hydrogen-bond donors (Lipinski definition) is 2. The molecule has 10 heteroatoms. The van der Waals surface area contributed by atoms with Crippen molar-refractivity contribution in [2.45, 2.75) is 24.7 Å². The van der Waals surface area contributed by atoms with Crippen LogP contribution in [0.15, 0.2) is 55.4 Å². The van der Waals surface area contributed by atoms with Crippen molar-refractivity contribution in [2.24, 2.45) is 7.05 Å². The molecular weight excluding hydrogens is 387 g/mol. The van der Waals surface area contributed by atoms with Gasteiger partial charge in [-0.1, -0.05) is 12.1 Å². The quantitative estimate of drug-likeness (QED) is 0.629. The Morgan fingerprint density at radius 1 is 1.17 bits per heavy atom. The van der Waals surface area contributed by atoms with E-state index in [1.165, 1.54) is 19.4 Å². The third kappa shape index (κ3) is 4.48. The molecule has 3 rings (SSSR count). The van der Waals surface area contributed by atoms with Crippen LogP contribution in [0.25, 0.3) is 0 Å². The third-order valence-corrected chi connectivity index (χ3v) is 4.57. The second-order valence-corrected chi connectivity index (χ2v) is 6.66. The fourth-order valence-electron chi connectivity index (χ4n) is 2.96. The van der Waals surface area contributed by atoms with E-state index in [9.17, 15) is 23.1 Å². The van der Waals surface area contributed by atoms with Gasteiger partial charge in [-0.2, -0.15) is 13.2 Å². The molecule has 2 heterocycles. The Bertz CT molecular complexity index is 951. The van der Waals surface area contributed by atoms with E-state index in [0.29, 0.717) is 12.1 Å². The number of aliphatic hydroxyl groups is 1. The second kappa shape index (κ2) is 8.08. The van der Waals surface area contributed by atoms with Crippen LogP contribution in [0.3, 0.4) is 0 Å². The summed E-state index contributed by atoms with van der Waals surface area (Å²) in [6.07, 6.45) is 1.94. The number of hydrogen-bond acceptors (Lipinski definition) is 4. The fraction of sp³-hybridized carbons (Fsp3) is 0.316. The number of halogens is 3. The van der Waals surface area contributed by atoms with Crippen LogP contribution in [0, 0.1) is 0 Å². The Hall–Kier alpha value is -3.14. The minimum Gasteiger partial charge on any atom is -0.374 e. The highest BCUT2D eigenvalue weighted by Gasteiger charge is 2.57. The number of aryl methyl sites for hydroxylation is 1. The Morgan fingerprint density at radius 3 is 2.45 bits per heavy atom. The molecule has 1 aromatic carbocycles. The first-order valence-corrected chi connectivity index (χ1v) is 8.80. The maximum Gasteiger partial charge on any atom is 0.424 e. The highest BCUT2D eigenvalue weighted by atomic mass is 19.4. The largest absolute Gasteiger partial charge is 0.424 e. The highest BCUT2D eigenvalue weighted by molar-refractivity contribution is 5.94. The van der Waals surface area contributed by atoms with Gasteiger partial charge in [0.2, 0.25) is 5.60 Å². The molecule has 0 aliphatic heterocycles. The van der Waals surface area contributed by atoms with Gasteiger partial charge in [0.15, 0.2) is 0 Å². The zero-order chi connectivity index (χ0) is 21.1. The van der Waals surface area contributed by atoms with Gasteiger partial charge in [-0.15, -0.1) is 0 Å². The molecule has 0 fully saturated rings. The Morgan fingerprint density at radius 2 is 1.90 bits per heavy atom. The number of nitrogens with zero attached hydrogens (tertiary/aromatic N) is 4. The first-order valence-electron chi connectivity index (χ1n) is 8.80. The number of aromatic nitrogens is 4. The molecule has 0 saturated heterocycles. The number of benzene rings is 1. The minimum absolute atomic E-state index is 0.312. The van der Waals surface area contributed by atoms with Crippen molar-refractivity contribution in [1.29, 1.82) is 0 Å². The van der Waals surface area contributed by atoms with E-state index in [0.717, 1.165) is 10.1 Å². The topological polar surface area (TPSA) is 85.0 Å². The third-order valence-electron chi connectivity index (χ3n) is 4.57. The van der Waals surface area contributed by atoms with Crippen molar-refractivity contribution in [3.05, 3.63) is 72.3 Å². The first-order chi connectivity index (χ1) is 13.7. The van der Waals surface area contributed by atoms with Crippen LogP contribution in [0.5, 0.6) is 0 Å². The molecule has 0 spiro atoms. The Balaban J connectivity index is 1.61. The molecule has 2 N–H and O–H groups in total. The van der Waals surface area contributed by atoms with Gasteiger partial charge < -0.3 is 19.6 Å². The number of rotatable bonds is 7. The summed E-state index contributed by atoms with van der Waals surface area (Å²) in [7, 11) is 1.36. The fourth-order valence-corrected chi connectivity index (χ4v) is 2.96. The molecule has 1 unspecified atom stereocenters. The van der Waals surface area contributed by atoms with E-state index in [-0.39, 0.29) is 6.54 Å². The molecule has 0 aliphatic carbocycles. The molecule has 0 bridgehead atoms. The second-order valence-electron chi connectivity index (χ2n) is 6.66. The molecule has 1 amide bonds. The van der Waals surface area contributed by atoms with Crippen LogP contribution in [-0.4, -0.2) is 42.8 Å². The zero-order valence-electron chi connectivity index (χ0n) is 15.6. The number of nitrogens with one attached hydrogen (secondary N) is 1. The summed E-state index contributed by atoms with van der Waals surface area (Å²) in [6, 6.07) is 6.70. The van der Waals surface area contributed by atoms with Crippen molar-refractivity contribution in [3.63, 3.8) is 0 Å². The average molecular weight is 407 g/mol. The SMILES string of the molecule is Cn1ccnc1C(O)(CCNC(=O)c1ccc(Cn2ccnc2)cc1)C(F)(F)F. The van der Waals surface area contributed by atoms with Crippen molar-refractivity contribution in [2.75, 3.05) is 6.54 Å². The van der Waals surface area contributed by atoms with Gasteiger partial charge in [0.05, 0.1) is 6.33 Å². The summed E-state index contributed by atoms with van der Waals surface area (Å²) in [5.41, 5.74) is -1.90. The lowest BCUT2D eigenvalue weighted by atomic mass is 9.97.